The lowest BCUT2D eigenvalue weighted by atomic mass is 9.93. The van der Waals surface area contributed by atoms with Gasteiger partial charge in [-0.15, -0.1) is 0 Å². The number of likely N-dealkylation sites (tertiary alicyclic amines) is 1. The molecular formula is C17H26N2. The van der Waals surface area contributed by atoms with Gasteiger partial charge in [-0.25, -0.2) is 0 Å². The van der Waals surface area contributed by atoms with Crippen molar-refractivity contribution in [3.05, 3.63) is 35.9 Å². The maximum atomic E-state index is 3.76. The Balaban J connectivity index is 1.60. The second-order valence-electron chi connectivity index (χ2n) is 6.30. The molecule has 0 aliphatic carbocycles. The summed E-state index contributed by atoms with van der Waals surface area (Å²) in [6, 6.07) is 11.0. The highest BCUT2D eigenvalue weighted by atomic mass is 15.2. The molecule has 0 spiro atoms. The Hall–Kier alpha value is -0.860. The fraction of sp³-hybridized carbons (Fsp3) is 0.647. The van der Waals surface area contributed by atoms with Gasteiger partial charge in [0, 0.05) is 18.6 Å². The molecule has 0 aromatic heterocycles. The van der Waals surface area contributed by atoms with Crippen molar-refractivity contribution in [1.82, 2.24) is 10.2 Å². The molecule has 2 saturated heterocycles. The summed E-state index contributed by atoms with van der Waals surface area (Å²) in [5, 5.41) is 3.76. The number of benzene rings is 1. The molecule has 2 heterocycles. The van der Waals surface area contributed by atoms with E-state index in [4.69, 9.17) is 0 Å². The van der Waals surface area contributed by atoms with Gasteiger partial charge in [-0.2, -0.15) is 0 Å². The van der Waals surface area contributed by atoms with Gasteiger partial charge in [0.15, 0.2) is 0 Å². The van der Waals surface area contributed by atoms with E-state index in [-0.39, 0.29) is 0 Å². The molecule has 0 amide bonds. The lowest BCUT2D eigenvalue weighted by Crippen LogP contribution is -2.48. The van der Waals surface area contributed by atoms with Crippen LogP contribution in [0, 0.1) is 0 Å². The van der Waals surface area contributed by atoms with Gasteiger partial charge in [0.05, 0.1) is 0 Å². The number of nitrogens with one attached hydrogen (secondary N) is 1. The number of hydrogen-bond acceptors (Lipinski definition) is 2. The maximum absolute atomic E-state index is 3.76. The predicted molar refractivity (Wildman–Crippen MR) is 80.5 cm³/mol. The van der Waals surface area contributed by atoms with Crippen molar-refractivity contribution in [1.29, 1.82) is 0 Å². The first-order chi connectivity index (χ1) is 9.31. The highest BCUT2D eigenvalue weighted by Gasteiger charge is 2.35. The van der Waals surface area contributed by atoms with Gasteiger partial charge in [-0.3, -0.25) is 0 Å². The zero-order valence-corrected chi connectivity index (χ0v) is 12.1. The van der Waals surface area contributed by atoms with Crippen LogP contribution in [-0.2, 0) is 0 Å². The minimum atomic E-state index is 0.408. The third-order valence-electron chi connectivity index (χ3n) is 5.08. The largest absolute Gasteiger partial charge is 0.310 e. The Labute approximate surface area is 117 Å². The number of rotatable bonds is 4. The molecule has 2 aliphatic heterocycles. The Bertz CT molecular complexity index is 395. The molecule has 2 fully saturated rings. The van der Waals surface area contributed by atoms with Crippen LogP contribution in [0.1, 0.15) is 44.1 Å². The van der Waals surface area contributed by atoms with E-state index in [2.05, 4.69) is 47.5 Å². The zero-order chi connectivity index (χ0) is 13.1. The fourth-order valence-corrected chi connectivity index (χ4v) is 3.82. The second-order valence-corrected chi connectivity index (χ2v) is 6.30. The third kappa shape index (κ3) is 2.85. The van der Waals surface area contributed by atoms with Crippen molar-refractivity contribution in [2.24, 2.45) is 0 Å². The van der Waals surface area contributed by atoms with Crippen LogP contribution in [0.5, 0.6) is 0 Å². The van der Waals surface area contributed by atoms with Gasteiger partial charge in [0.25, 0.3) is 0 Å². The van der Waals surface area contributed by atoms with E-state index in [0.717, 1.165) is 5.92 Å². The average Bonchev–Trinajstić information content (AvgIpc) is 3.10. The third-order valence-corrected chi connectivity index (χ3v) is 5.08. The van der Waals surface area contributed by atoms with E-state index in [0.29, 0.717) is 5.54 Å². The lowest BCUT2D eigenvalue weighted by molar-refractivity contribution is 0.218. The van der Waals surface area contributed by atoms with Crippen molar-refractivity contribution in [3.8, 4) is 0 Å². The quantitative estimate of drug-likeness (QED) is 0.893. The Morgan fingerprint density at radius 3 is 2.84 bits per heavy atom. The van der Waals surface area contributed by atoms with Crippen LogP contribution in [-0.4, -0.2) is 36.6 Å². The molecule has 1 aromatic rings. The monoisotopic (exact) mass is 258 g/mol. The summed E-state index contributed by atoms with van der Waals surface area (Å²) in [7, 11) is 0. The zero-order valence-electron chi connectivity index (χ0n) is 12.1. The highest BCUT2D eigenvalue weighted by molar-refractivity contribution is 5.21. The van der Waals surface area contributed by atoms with Gasteiger partial charge in [0.1, 0.15) is 0 Å². The molecule has 2 nitrogen and oxygen atoms in total. The normalized spacial score (nSPS) is 31.9. The summed E-state index contributed by atoms with van der Waals surface area (Å²) in [4.78, 5) is 2.68. The van der Waals surface area contributed by atoms with Crippen molar-refractivity contribution in [2.75, 3.05) is 26.2 Å². The summed E-state index contributed by atoms with van der Waals surface area (Å²) < 4.78 is 0. The smallest absolute Gasteiger partial charge is 0.0306 e. The van der Waals surface area contributed by atoms with E-state index in [1.54, 1.807) is 0 Å². The van der Waals surface area contributed by atoms with Gasteiger partial charge in [-0.1, -0.05) is 37.3 Å². The van der Waals surface area contributed by atoms with E-state index in [1.807, 2.05) is 0 Å². The van der Waals surface area contributed by atoms with Gasteiger partial charge in [-0.05, 0) is 50.3 Å². The molecule has 2 atom stereocenters. The summed E-state index contributed by atoms with van der Waals surface area (Å²) in [5.74, 6) is 0.747. The summed E-state index contributed by atoms with van der Waals surface area (Å²) in [5.41, 5.74) is 1.93. The number of nitrogens with zero attached hydrogens (tertiary/aromatic N) is 1. The van der Waals surface area contributed by atoms with Crippen LogP contribution in [0.15, 0.2) is 30.3 Å². The molecular weight excluding hydrogens is 232 g/mol. The van der Waals surface area contributed by atoms with Gasteiger partial charge >= 0.3 is 0 Å². The maximum Gasteiger partial charge on any atom is 0.0306 e. The molecule has 1 N–H and O–H groups in total. The van der Waals surface area contributed by atoms with Crippen LogP contribution >= 0.6 is 0 Å². The standard InChI is InChI=1S/C17H26N2/c1-2-17(10-6-11-18-17)14-19-12-9-16(13-19)15-7-4-3-5-8-15/h3-5,7-8,16,18H,2,6,9-14H2,1H3. The molecule has 2 heteroatoms. The summed E-state index contributed by atoms with van der Waals surface area (Å²) in [6.07, 6.45) is 5.29. The van der Waals surface area contributed by atoms with E-state index >= 15 is 0 Å². The minimum absolute atomic E-state index is 0.408. The first kappa shape index (κ1) is 13.1. The predicted octanol–water partition coefficient (Wildman–Crippen LogP) is 3.01. The Morgan fingerprint density at radius 2 is 2.16 bits per heavy atom. The van der Waals surface area contributed by atoms with E-state index in [1.165, 1.54) is 57.4 Å². The van der Waals surface area contributed by atoms with Crippen LogP contribution in [0.25, 0.3) is 0 Å². The fourth-order valence-electron chi connectivity index (χ4n) is 3.82. The first-order valence-electron chi connectivity index (χ1n) is 7.84. The topological polar surface area (TPSA) is 15.3 Å². The van der Waals surface area contributed by atoms with Crippen LogP contribution in [0.4, 0.5) is 0 Å². The molecule has 2 aliphatic rings. The SMILES string of the molecule is CCC1(CN2CCC(c3ccccc3)C2)CCCN1. The van der Waals surface area contributed by atoms with Crippen molar-refractivity contribution in [3.63, 3.8) is 0 Å². The summed E-state index contributed by atoms with van der Waals surface area (Å²) >= 11 is 0. The summed E-state index contributed by atoms with van der Waals surface area (Å²) in [6.45, 7) is 7.30. The highest BCUT2D eigenvalue weighted by Crippen LogP contribution is 2.30. The van der Waals surface area contributed by atoms with Crippen molar-refractivity contribution >= 4 is 0 Å². The lowest BCUT2D eigenvalue weighted by Gasteiger charge is -2.33. The van der Waals surface area contributed by atoms with Gasteiger partial charge < -0.3 is 10.2 Å². The molecule has 1 aromatic carbocycles. The molecule has 0 bridgehead atoms. The molecule has 3 rings (SSSR count). The second kappa shape index (κ2) is 5.64. The Kier molecular flexibility index (Phi) is 3.90. The molecule has 2 unspecified atom stereocenters. The minimum Gasteiger partial charge on any atom is -0.310 e. The van der Waals surface area contributed by atoms with Gasteiger partial charge in [0.2, 0.25) is 0 Å². The van der Waals surface area contributed by atoms with Crippen LogP contribution < -0.4 is 5.32 Å². The van der Waals surface area contributed by atoms with Crippen LogP contribution in [0.2, 0.25) is 0 Å². The Morgan fingerprint density at radius 1 is 1.32 bits per heavy atom. The van der Waals surface area contributed by atoms with E-state index in [9.17, 15) is 0 Å². The van der Waals surface area contributed by atoms with Crippen molar-refractivity contribution in [2.45, 2.75) is 44.1 Å². The molecule has 0 radical (unpaired) electrons. The van der Waals surface area contributed by atoms with Crippen LogP contribution in [0.3, 0.4) is 0 Å². The first-order valence-corrected chi connectivity index (χ1v) is 7.84. The molecule has 0 saturated carbocycles. The average molecular weight is 258 g/mol. The molecule has 104 valence electrons. The molecule has 19 heavy (non-hydrogen) atoms. The number of hydrogen-bond donors (Lipinski definition) is 1. The van der Waals surface area contributed by atoms with Crippen molar-refractivity contribution < 1.29 is 0 Å². The van der Waals surface area contributed by atoms with E-state index < -0.39 is 0 Å².